The highest BCUT2D eigenvalue weighted by molar-refractivity contribution is 5.97. The molecule has 20 heavy (non-hydrogen) atoms. The van der Waals surface area contributed by atoms with Crippen LogP contribution in [0.25, 0.3) is 0 Å². The van der Waals surface area contributed by atoms with Crippen LogP contribution < -0.4 is 16.8 Å². The van der Waals surface area contributed by atoms with Crippen molar-refractivity contribution < 1.29 is 23.9 Å². The highest BCUT2D eigenvalue weighted by Crippen LogP contribution is 2.12. The Bertz CT molecular complexity index is 548. The lowest BCUT2D eigenvalue weighted by Crippen LogP contribution is -2.41. The Balaban J connectivity index is 2.77. The van der Waals surface area contributed by atoms with Gasteiger partial charge >= 0.3 is 5.97 Å². The van der Waals surface area contributed by atoms with Crippen LogP contribution in [0.15, 0.2) is 18.2 Å². The van der Waals surface area contributed by atoms with Crippen LogP contribution in [0.4, 0.5) is 10.1 Å². The molecule has 0 aliphatic carbocycles. The molecule has 0 aromatic heterocycles. The molecule has 8 heteroatoms. The standard InChI is InChI=1S/C12H14FN3O4/c13-7-5-6(1-2-8(7)14)11(18)16-9(12(19)20)3-4-10(15)17/h1-2,5,9H,3-4,14H2,(H2,15,17)(H,16,18)(H,19,20). The number of hydrogen-bond acceptors (Lipinski definition) is 4. The number of anilines is 1. The molecule has 108 valence electrons. The molecule has 6 N–H and O–H groups in total. The van der Waals surface area contributed by atoms with E-state index in [4.69, 9.17) is 16.6 Å². The number of carboxylic acids is 1. The Kier molecular flexibility index (Phi) is 5.01. The molecule has 0 saturated heterocycles. The Hall–Kier alpha value is -2.64. The van der Waals surface area contributed by atoms with Crippen molar-refractivity contribution in [1.29, 1.82) is 0 Å². The zero-order valence-electron chi connectivity index (χ0n) is 10.4. The van der Waals surface area contributed by atoms with Crippen LogP contribution in [0.1, 0.15) is 23.2 Å². The molecule has 1 unspecified atom stereocenters. The van der Waals surface area contributed by atoms with Crippen molar-refractivity contribution in [3.8, 4) is 0 Å². The molecule has 2 amide bonds. The number of amides is 2. The van der Waals surface area contributed by atoms with E-state index >= 15 is 0 Å². The molecule has 0 aliphatic rings. The molecule has 0 fully saturated rings. The molecule has 1 atom stereocenters. The Morgan fingerprint density at radius 1 is 1.35 bits per heavy atom. The average Bonchev–Trinajstić information content (AvgIpc) is 2.36. The van der Waals surface area contributed by atoms with Gasteiger partial charge in [0.25, 0.3) is 5.91 Å². The molecule has 7 nitrogen and oxygen atoms in total. The first-order valence-corrected chi connectivity index (χ1v) is 5.68. The van der Waals surface area contributed by atoms with E-state index in [0.29, 0.717) is 0 Å². The van der Waals surface area contributed by atoms with Crippen molar-refractivity contribution in [2.24, 2.45) is 5.73 Å². The fourth-order valence-electron chi connectivity index (χ4n) is 1.45. The van der Waals surface area contributed by atoms with Crippen LogP contribution in [0.5, 0.6) is 0 Å². The van der Waals surface area contributed by atoms with Gasteiger partial charge in [-0.3, -0.25) is 9.59 Å². The van der Waals surface area contributed by atoms with Gasteiger partial charge in [0.05, 0.1) is 5.69 Å². The lowest BCUT2D eigenvalue weighted by molar-refractivity contribution is -0.139. The number of nitrogens with one attached hydrogen (secondary N) is 1. The van der Waals surface area contributed by atoms with Crippen molar-refractivity contribution in [2.75, 3.05) is 5.73 Å². The number of nitrogens with two attached hydrogens (primary N) is 2. The van der Waals surface area contributed by atoms with Crippen LogP contribution in [-0.4, -0.2) is 28.9 Å². The van der Waals surface area contributed by atoms with Gasteiger partial charge in [-0.25, -0.2) is 9.18 Å². The van der Waals surface area contributed by atoms with Gasteiger partial charge in [-0.2, -0.15) is 0 Å². The number of rotatable bonds is 6. The van der Waals surface area contributed by atoms with Crippen molar-refractivity contribution >= 4 is 23.5 Å². The average molecular weight is 283 g/mol. The van der Waals surface area contributed by atoms with E-state index in [1.807, 2.05) is 0 Å². The summed E-state index contributed by atoms with van der Waals surface area (Å²) >= 11 is 0. The number of carbonyl (C=O) groups is 3. The zero-order valence-corrected chi connectivity index (χ0v) is 10.4. The van der Waals surface area contributed by atoms with Crippen molar-refractivity contribution in [2.45, 2.75) is 18.9 Å². The number of halogens is 1. The first-order chi connectivity index (χ1) is 9.31. The molecule has 0 saturated carbocycles. The molecule has 0 aliphatic heterocycles. The Morgan fingerprint density at radius 3 is 2.50 bits per heavy atom. The van der Waals surface area contributed by atoms with E-state index in [2.05, 4.69) is 5.32 Å². The Labute approximate surface area is 113 Å². The van der Waals surface area contributed by atoms with Gasteiger partial charge in [-0.05, 0) is 24.6 Å². The molecule has 1 aromatic carbocycles. The number of nitrogen functional groups attached to an aromatic ring is 1. The smallest absolute Gasteiger partial charge is 0.326 e. The summed E-state index contributed by atoms with van der Waals surface area (Å²) in [5.74, 6) is -3.54. The number of primary amides is 1. The summed E-state index contributed by atoms with van der Waals surface area (Å²) in [5, 5.41) is 11.1. The van der Waals surface area contributed by atoms with Crippen LogP contribution in [0, 0.1) is 5.82 Å². The van der Waals surface area contributed by atoms with Gasteiger partial charge in [0, 0.05) is 12.0 Å². The van der Waals surface area contributed by atoms with Gasteiger partial charge in [-0.15, -0.1) is 0 Å². The van der Waals surface area contributed by atoms with E-state index in [1.165, 1.54) is 12.1 Å². The maximum atomic E-state index is 13.2. The fraction of sp³-hybridized carbons (Fsp3) is 0.250. The minimum absolute atomic E-state index is 0.0676. The third-order valence-electron chi connectivity index (χ3n) is 2.55. The van der Waals surface area contributed by atoms with Gasteiger partial charge in [0.2, 0.25) is 5.91 Å². The molecule has 0 spiro atoms. The molecular weight excluding hydrogens is 269 g/mol. The maximum absolute atomic E-state index is 13.2. The van der Waals surface area contributed by atoms with E-state index in [1.54, 1.807) is 0 Å². The quantitative estimate of drug-likeness (QED) is 0.539. The second-order valence-electron chi connectivity index (χ2n) is 4.11. The second-order valence-corrected chi connectivity index (χ2v) is 4.11. The van der Waals surface area contributed by atoms with Crippen LogP contribution in [0.3, 0.4) is 0 Å². The van der Waals surface area contributed by atoms with Crippen LogP contribution in [0.2, 0.25) is 0 Å². The summed E-state index contributed by atoms with van der Waals surface area (Å²) in [6, 6.07) is 2.08. The lowest BCUT2D eigenvalue weighted by Gasteiger charge is -2.13. The van der Waals surface area contributed by atoms with Crippen molar-refractivity contribution in [1.82, 2.24) is 5.32 Å². The summed E-state index contributed by atoms with van der Waals surface area (Å²) < 4.78 is 13.2. The first-order valence-electron chi connectivity index (χ1n) is 5.68. The van der Waals surface area contributed by atoms with Crippen LogP contribution in [-0.2, 0) is 9.59 Å². The monoisotopic (exact) mass is 283 g/mol. The SMILES string of the molecule is NC(=O)CCC(NC(=O)c1ccc(N)c(F)c1)C(=O)O. The molecule has 0 radical (unpaired) electrons. The number of hydrogen-bond donors (Lipinski definition) is 4. The highest BCUT2D eigenvalue weighted by Gasteiger charge is 2.21. The number of aliphatic carboxylic acids is 1. The largest absolute Gasteiger partial charge is 0.480 e. The fourth-order valence-corrected chi connectivity index (χ4v) is 1.45. The van der Waals surface area contributed by atoms with Crippen LogP contribution >= 0.6 is 0 Å². The summed E-state index contributed by atoms with van der Waals surface area (Å²) in [5.41, 5.74) is 9.99. The molecule has 1 aromatic rings. The third kappa shape index (κ3) is 4.23. The zero-order chi connectivity index (χ0) is 15.3. The van der Waals surface area contributed by atoms with Gasteiger partial charge in [0.15, 0.2) is 0 Å². The topological polar surface area (TPSA) is 136 Å². The highest BCUT2D eigenvalue weighted by atomic mass is 19.1. The predicted molar refractivity (Wildman–Crippen MR) is 68.1 cm³/mol. The van der Waals surface area contributed by atoms with Gasteiger partial charge in [-0.1, -0.05) is 0 Å². The van der Waals surface area contributed by atoms with E-state index < -0.39 is 29.6 Å². The third-order valence-corrected chi connectivity index (χ3v) is 2.55. The van der Waals surface area contributed by atoms with E-state index in [0.717, 1.165) is 6.07 Å². The predicted octanol–water partition coefficient (Wildman–Crippen LogP) is -0.144. The summed E-state index contributed by atoms with van der Waals surface area (Å²) in [6.07, 6.45) is -0.332. The number of carboxylic acid groups (broad SMARTS) is 1. The first kappa shape index (κ1) is 15.4. The Morgan fingerprint density at radius 2 is 2.00 bits per heavy atom. The summed E-state index contributed by atoms with van der Waals surface area (Å²) in [6.45, 7) is 0. The second kappa shape index (κ2) is 6.50. The molecule has 1 rings (SSSR count). The molecule has 0 heterocycles. The van der Waals surface area contributed by atoms with Crippen molar-refractivity contribution in [3.63, 3.8) is 0 Å². The lowest BCUT2D eigenvalue weighted by atomic mass is 10.1. The maximum Gasteiger partial charge on any atom is 0.326 e. The van der Waals surface area contributed by atoms with E-state index in [-0.39, 0.29) is 24.1 Å². The minimum Gasteiger partial charge on any atom is -0.480 e. The molecular formula is C12H14FN3O4. The van der Waals surface area contributed by atoms with E-state index in [9.17, 15) is 18.8 Å². The van der Waals surface area contributed by atoms with Gasteiger partial charge in [0.1, 0.15) is 11.9 Å². The summed E-state index contributed by atoms with van der Waals surface area (Å²) in [4.78, 5) is 33.3. The van der Waals surface area contributed by atoms with Crippen molar-refractivity contribution in [3.05, 3.63) is 29.6 Å². The number of carbonyl (C=O) groups excluding carboxylic acids is 2. The normalized spacial score (nSPS) is 11.7. The summed E-state index contributed by atoms with van der Waals surface area (Å²) in [7, 11) is 0. The minimum atomic E-state index is -1.31. The molecule has 0 bridgehead atoms. The van der Waals surface area contributed by atoms with Gasteiger partial charge < -0.3 is 21.9 Å². The number of benzene rings is 1.